The first-order valence-corrected chi connectivity index (χ1v) is 6.97. The number of nitrogens with two attached hydrogens (primary N) is 1. The number of carbonyl (C=O) groups excluding carboxylic acids is 1. The molecule has 0 saturated heterocycles. The highest BCUT2D eigenvalue weighted by Gasteiger charge is 2.60. The molecule has 1 fully saturated rings. The molecule has 1 aliphatic rings. The lowest BCUT2D eigenvalue weighted by Gasteiger charge is -2.62. The molecule has 0 spiro atoms. The Morgan fingerprint density at radius 3 is 2.35 bits per heavy atom. The van der Waals surface area contributed by atoms with Gasteiger partial charge in [0.05, 0.1) is 5.02 Å². The van der Waals surface area contributed by atoms with Crippen molar-refractivity contribution in [3.8, 4) is 0 Å². The van der Waals surface area contributed by atoms with E-state index in [-0.39, 0.29) is 39.4 Å². The predicted octanol–water partition coefficient (Wildman–Crippen LogP) is 2.97. The molecular weight excluding hydrogens is 279 g/mol. The van der Waals surface area contributed by atoms with Crippen LogP contribution in [0, 0.1) is 16.6 Å². The van der Waals surface area contributed by atoms with E-state index in [4.69, 9.17) is 17.3 Å². The number of halogens is 2. The van der Waals surface area contributed by atoms with Crippen molar-refractivity contribution in [3.05, 3.63) is 34.6 Å². The Hall–Kier alpha value is -1.13. The molecule has 110 valence electrons. The number of carbonyl (C=O) groups is 1. The lowest BCUT2D eigenvalue weighted by molar-refractivity contribution is -0.0663. The summed E-state index contributed by atoms with van der Waals surface area (Å²) in [7, 11) is 0. The van der Waals surface area contributed by atoms with Crippen LogP contribution in [-0.2, 0) is 0 Å². The summed E-state index contributed by atoms with van der Waals surface area (Å²) in [4.78, 5) is 12.2. The van der Waals surface area contributed by atoms with Crippen LogP contribution in [0.25, 0.3) is 0 Å². The van der Waals surface area contributed by atoms with E-state index in [1.54, 1.807) is 0 Å². The van der Waals surface area contributed by atoms with Crippen LogP contribution in [0.4, 0.5) is 4.39 Å². The van der Waals surface area contributed by atoms with Gasteiger partial charge in [-0.1, -0.05) is 39.3 Å². The first-order valence-electron chi connectivity index (χ1n) is 6.60. The Labute approximate surface area is 123 Å². The van der Waals surface area contributed by atoms with E-state index in [0.717, 1.165) is 6.07 Å². The molecule has 0 heterocycles. The van der Waals surface area contributed by atoms with Crippen LogP contribution in [0.15, 0.2) is 18.2 Å². The highest BCUT2D eigenvalue weighted by atomic mass is 35.5. The molecule has 3 nitrogen and oxygen atoms in total. The molecule has 20 heavy (non-hydrogen) atoms. The van der Waals surface area contributed by atoms with Gasteiger partial charge in [0.15, 0.2) is 0 Å². The van der Waals surface area contributed by atoms with Crippen molar-refractivity contribution in [1.82, 2.24) is 5.32 Å². The van der Waals surface area contributed by atoms with Gasteiger partial charge in [-0.05, 0) is 18.2 Å². The molecule has 0 radical (unpaired) electrons. The summed E-state index contributed by atoms with van der Waals surface area (Å²) in [6.07, 6.45) is 0. The lowest BCUT2D eigenvalue weighted by atomic mass is 9.48. The molecule has 1 amide bonds. The van der Waals surface area contributed by atoms with Gasteiger partial charge in [0.1, 0.15) is 5.82 Å². The summed E-state index contributed by atoms with van der Waals surface area (Å²) in [5.74, 6) is -0.901. The van der Waals surface area contributed by atoms with Crippen LogP contribution in [-0.4, -0.2) is 18.0 Å². The Balaban J connectivity index is 2.18. The number of amides is 1. The SMILES string of the molecule is CC1(C)C(N)C(C)(C)C1NC(=O)c1ccc(Cl)c(F)c1. The second-order valence-electron chi connectivity index (χ2n) is 6.66. The van der Waals surface area contributed by atoms with Crippen molar-refractivity contribution in [3.63, 3.8) is 0 Å². The molecular formula is C15H20ClFN2O. The zero-order valence-corrected chi connectivity index (χ0v) is 12.9. The molecule has 1 aromatic carbocycles. The van der Waals surface area contributed by atoms with Crippen LogP contribution in [0.1, 0.15) is 38.1 Å². The van der Waals surface area contributed by atoms with Crippen LogP contribution < -0.4 is 11.1 Å². The standard InChI is InChI=1S/C15H20ClFN2O/c1-14(2)12(18)15(3,4)13(14)19-11(20)8-5-6-9(16)10(17)7-8/h5-7,12-13H,18H2,1-4H3,(H,19,20). The Bertz CT molecular complexity index is 541. The fourth-order valence-corrected chi connectivity index (χ4v) is 3.52. The van der Waals surface area contributed by atoms with Gasteiger partial charge in [0.25, 0.3) is 5.91 Å². The number of hydrogen-bond donors (Lipinski definition) is 2. The lowest BCUT2D eigenvalue weighted by Crippen LogP contribution is -2.76. The number of rotatable bonds is 2. The maximum absolute atomic E-state index is 13.4. The average molecular weight is 299 g/mol. The second-order valence-corrected chi connectivity index (χ2v) is 7.06. The number of nitrogens with one attached hydrogen (secondary N) is 1. The molecule has 5 heteroatoms. The minimum Gasteiger partial charge on any atom is -0.348 e. The third-order valence-electron chi connectivity index (χ3n) is 4.55. The molecule has 0 atom stereocenters. The molecule has 1 aromatic rings. The summed E-state index contributed by atoms with van der Waals surface area (Å²) < 4.78 is 13.4. The maximum Gasteiger partial charge on any atom is 0.251 e. The van der Waals surface area contributed by atoms with Gasteiger partial charge in [0.2, 0.25) is 0 Å². The summed E-state index contributed by atoms with van der Waals surface area (Å²) in [5, 5.41) is 2.97. The fourth-order valence-electron chi connectivity index (χ4n) is 3.40. The third-order valence-corrected chi connectivity index (χ3v) is 4.85. The first-order chi connectivity index (χ1) is 9.08. The van der Waals surface area contributed by atoms with Gasteiger partial charge in [-0.2, -0.15) is 0 Å². The summed E-state index contributed by atoms with van der Waals surface area (Å²) in [6.45, 7) is 8.10. The van der Waals surface area contributed by atoms with Crippen LogP contribution in [0.3, 0.4) is 0 Å². The molecule has 2 rings (SSSR count). The molecule has 0 bridgehead atoms. The second kappa shape index (κ2) is 4.71. The van der Waals surface area contributed by atoms with E-state index in [9.17, 15) is 9.18 Å². The largest absolute Gasteiger partial charge is 0.348 e. The monoisotopic (exact) mass is 298 g/mol. The first kappa shape index (κ1) is 15.3. The summed E-state index contributed by atoms with van der Waals surface area (Å²) >= 11 is 5.62. The molecule has 1 saturated carbocycles. The van der Waals surface area contributed by atoms with Crippen LogP contribution in [0.5, 0.6) is 0 Å². The van der Waals surface area contributed by atoms with E-state index in [0.29, 0.717) is 0 Å². The van der Waals surface area contributed by atoms with Crippen LogP contribution in [0.2, 0.25) is 5.02 Å². The van der Waals surface area contributed by atoms with E-state index in [2.05, 4.69) is 5.32 Å². The van der Waals surface area contributed by atoms with Crippen molar-refractivity contribution in [2.45, 2.75) is 39.8 Å². The summed E-state index contributed by atoms with van der Waals surface area (Å²) in [6, 6.07) is 3.99. The van der Waals surface area contributed by atoms with Gasteiger partial charge < -0.3 is 11.1 Å². The Kier molecular flexibility index (Phi) is 3.59. The smallest absolute Gasteiger partial charge is 0.251 e. The van der Waals surface area contributed by atoms with Crippen molar-refractivity contribution in [2.75, 3.05) is 0 Å². The van der Waals surface area contributed by atoms with E-state index < -0.39 is 5.82 Å². The minimum absolute atomic E-state index is 0.00209. The van der Waals surface area contributed by atoms with Crippen molar-refractivity contribution in [1.29, 1.82) is 0 Å². The Morgan fingerprint density at radius 1 is 1.30 bits per heavy atom. The maximum atomic E-state index is 13.4. The topological polar surface area (TPSA) is 55.1 Å². The molecule has 0 unspecified atom stereocenters. The summed E-state index contributed by atoms with van der Waals surface area (Å²) in [5.41, 5.74) is 6.04. The van der Waals surface area contributed by atoms with Crippen LogP contribution >= 0.6 is 11.6 Å². The highest BCUT2D eigenvalue weighted by molar-refractivity contribution is 6.30. The van der Waals surface area contributed by atoms with Crippen molar-refractivity contribution >= 4 is 17.5 Å². The average Bonchev–Trinajstić information content (AvgIpc) is 2.37. The third kappa shape index (κ3) is 2.21. The van der Waals surface area contributed by atoms with E-state index in [1.807, 2.05) is 27.7 Å². The molecule has 1 aliphatic carbocycles. The normalized spacial score (nSPS) is 26.8. The molecule has 3 N–H and O–H groups in total. The van der Waals surface area contributed by atoms with Gasteiger partial charge in [-0.25, -0.2) is 4.39 Å². The van der Waals surface area contributed by atoms with Gasteiger partial charge in [0, 0.05) is 28.5 Å². The van der Waals surface area contributed by atoms with Gasteiger partial charge in [-0.15, -0.1) is 0 Å². The quantitative estimate of drug-likeness (QED) is 0.882. The minimum atomic E-state index is -0.594. The highest BCUT2D eigenvalue weighted by Crippen LogP contribution is 2.52. The van der Waals surface area contributed by atoms with Crippen molar-refractivity contribution < 1.29 is 9.18 Å². The zero-order valence-electron chi connectivity index (χ0n) is 12.1. The Morgan fingerprint density at radius 2 is 1.85 bits per heavy atom. The van der Waals surface area contributed by atoms with Gasteiger partial charge >= 0.3 is 0 Å². The van der Waals surface area contributed by atoms with E-state index >= 15 is 0 Å². The zero-order chi connectivity index (χ0) is 15.3. The molecule has 0 aromatic heterocycles. The van der Waals surface area contributed by atoms with Gasteiger partial charge in [-0.3, -0.25) is 4.79 Å². The molecule has 0 aliphatic heterocycles. The number of hydrogen-bond acceptors (Lipinski definition) is 2. The predicted molar refractivity (Wildman–Crippen MR) is 78.2 cm³/mol. The fraction of sp³-hybridized carbons (Fsp3) is 0.533. The van der Waals surface area contributed by atoms with Crippen molar-refractivity contribution in [2.24, 2.45) is 16.6 Å². The van der Waals surface area contributed by atoms with E-state index in [1.165, 1.54) is 12.1 Å². The number of benzene rings is 1.